The van der Waals surface area contributed by atoms with Crippen molar-refractivity contribution < 1.29 is 9.13 Å². The number of anilines is 4. The Morgan fingerprint density at radius 1 is 1.12 bits per heavy atom. The minimum atomic E-state index is -0.318. The summed E-state index contributed by atoms with van der Waals surface area (Å²) in [7, 11) is 0. The van der Waals surface area contributed by atoms with Crippen LogP contribution in [0.1, 0.15) is 18.5 Å². The number of benzene rings is 2. The van der Waals surface area contributed by atoms with Gasteiger partial charge in [-0.15, -0.1) is 0 Å². The second kappa shape index (κ2) is 8.84. The first kappa shape index (κ1) is 20.3. The van der Waals surface area contributed by atoms with Gasteiger partial charge in [0.15, 0.2) is 5.82 Å². The molecule has 32 heavy (non-hydrogen) atoms. The van der Waals surface area contributed by atoms with E-state index in [2.05, 4.69) is 30.9 Å². The van der Waals surface area contributed by atoms with Gasteiger partial charge in [0.1, 0.15) is 17.7 Å². The molecule has 1 unspecified atom stereocenters. The van der Waals surface area contributed by atoms with Crippen LogP contribution in [0.15, 0.2) is 54.7 Å². The van der Waals surface area contributed by atoms with Crippen LogP contribution in [0.5, 0.6) is 5.75 Å². The van der Waals surface area contributed by atoms with Crippen molar-refractivity contribution in [1.82, 2.24) is 20.3 Å². The maximum Gasteiger partial charge on any atom is 0.229 e. The van der Waals surface area contributed by atoms with Gasteiger partial charge in [0.2, 0.25) is 5.95 Å². The van der Waals surface area contributed by atoms with E-state index in [0.717, 1.165) is 48.6 Å². The molecule has 164 valence electrons. The van der Waals surface area contributed by atoms with Gasteiger partial charge in [-0.1, -0.05) is 6.07 Å². The van der Waals surface area contributed by atoms with Gasteiger partial charge in [-0.3, -0.25) is 0 Å². The molecular formula is C24H25FN6O. The normalized spacial score (nSPS) is 16.1. The predicted octanol–water partition coefficient (Wildman–Crippen LogP) is 5.02. The molecule has 1 atom stereocenters. The third-order valence-corrected chi connectivity index (χ3v) is 5.44. The van der Waals surface area contributed by atoms with Crippen LogP contribution in [0, 0.1) is 12.7 Å². The Labute approximate surface area is 185 Å². The van der Waals surface area contributed by atoms with Crippen molar-refractivity contribution in [1.29, 1.82) is 0 Å². The lowest BCUT2D eigenvalue weighted by atomic mass is 10.1. The summed E-state index contributed by atoms with van der Waals surface area (Å²) in [4.78, 5) is 11.9. The summed E-state index contributed by atoms with van der Waals surface area (Å²) in [5.74, 6) is 1.39. The molecule has 0 bridgehead atoms. The number of hydrogen-bond acceptors (Lipinski definition) is 6. The summed E-state index contributed by atoms with van der Waals surface area (Å²) in [5.41, 5.74) is 2.86. The quantitative estimate of drug-likeness (QED) is 0.342. The number of aromatic nitrogens is 3. The minimum absolute atomic E-state index is 0.179. The van der Waals surface area contributed by atoms with Crippen LogP contribution in [0.2, 0.25) is 0 Å². The number of aryl methyl sites for hydroxylation is 1. The van der Waals surface area contributed by atoms with Gasteiger partial charge < -0.3 is 25.7 Å². The first-order chi connectivity index (χ1) is 15.6. The summed E-state index contributed by atoms with van der Waals surface area (Å²) in [6, 6.07) is 14.8. The molecule has 0 amide bonds. The molecule has 1 aliphatic rings. The van der Waals surface area contributed by atoms with Crippen LogP contribution < -0.4 is 20.7 Å². The molecule has 4 aromatic rings. The van der Waals surface area contributed by atoms with Crippen molar-refractivity contribution in [2.75, 3.05) is 23.7 Å². The maximum absolute atomic E-state index is 14.9. The van der Waals surface area contributed by atoms with Crippen molar-refractivity contribution in [3.63, 3.8) is 0 Å². The second-order valence-electron chi connectivity index (χ2n) is 7.97. The van der Waals surface area contributed by atoms with Crippen LogP contribution in [-0.2, 0) is 0 Å². The summed E-state index contributed by atoms with van der Waals surface area (Å²) in [6.45, 7) is 3.81. The Morgan fingerprint density at radius 2 is 2.06 bits per heavy atom. The number of H-pyrrole nitrogens is 1. The molecule has 1 fully saturated rings. The highest BCUT2D eigenvalue weighted by Crippen LogP contribution is 2.28. The lowest BCUT2D eigenvalue weighted by molar-refractivity contribution is 0.167. The van der Waals surface area contributed by atoms with Gasteiger partial charge in [-0.25, -0.2) is 9.37 Å². The summed E-state index contributed by atoms with van der Waals surface area (Å²) in [6.07, 6.45) is 3.97. The number of nitrogens with one attached hydrogen (secondary N) is 4. The van der Waals surface area contributed by atoms with E-state index in [1.165, 1.54) is 0 Å². The van der Waals surface area contributed by atoms with Crippen LogP contribution >= 0.6 is 0 Å². The Morgan fingerprint density at radius 3 is 2.94 bits per heavy atom. The van der Waals surface area contributed by atoms with E-state index in [9.17, 15) is 4.39 Å². The summed E-state index contributed by atoms with van der Waals surface area (Å²) >= 11 is 0. The fourth-order valence-corrected chi connectivity index (χ4v) is 3.92. The number of fused-ring (bicyclic) bond motifs is 1. The topological polar surface area (TPSA) is 86.9 Å². The molecule has 2 aromatic heterocycles. The van der Waals surface area contributed by atoms with Crippen molar-refractivity contribution in [3.05, 3.63) is 66.2 Å². The Balaban J connectivity index is 1.30. The number of nitrogens with zero attached hydrogens (tertiary/aromatic N) is 2. The van der Waals surface area contributed by atoms with E-state index < -0.39 is 0 Å². The average molecular weight is 433 g/mol. The number of aromatic amines is 1. The smallest absolute Gasteiger partial charge is 0.229 e. The van der Waals surface area contributed by atoms with Crippen LogP contribution in [0.25, 0.3) is 10.9 Å². The highest BCUT2D eigenvalue weighted by atomic mass is 19.1. The predicted molar refractivity (Wildman–Crippen MR) is 125 cm³/mol. The fraction of sp³-hybridized carbons (Fsp3) is 0.250. The average Bonchev–Trinajstić information content (AvgIpc) is 3.18. The standard InChI is InChI=1S/C24H25FN6O/c1-15-12-19-20(28-15)7-8-21(23(19)25)30-22-9-11-27-24(31-22)29-16-4-2-5-17(13-16)32-18-6-3-10-26-14-18/h2,4-5,7-9,11-13,18,26,28H,3,6,10,14H2,1H3,(H2,27,29,30,31). The molecule has 4 N–H and O–H groups in total. The first-order valence-corrected chi connectivity index (χ1v) is 10.8. The third kappa shape index (κ3) is 4.50. The van der Waals surface area contributed by atoms with E-state index in [1.807, 2.05) is 37.3 Å². The molecule has 3 heterocycles. The molecule has 1 aliphatic heterocycles. The van der Waals surface area contributed by atoms with Crippen molar-refractivity contribution in [2.24, 2.45) is 0 Å². The van der Waals surface area contributed by atoms with E-state index in [0.29, 0.717) is 22.8 Å². The number of hydrogen-bond donors (Lipinski definition) is 4. The number of ether oxygens (including phenoxy) is 1. The molecule has 2 aromatic carbocycles. The molecule has 0 spiro atoms. The van der Waals surface area contributed by atoms with Gasteiger partial charge in [-0.05, 0) is 62.7 Å². The first-order valence-electron chi connectivity index (χ1n) is 10.8. The molecule has 0 aliphatic carbocycles. The monoisotopic (exact) mass is 432 g/mol. The van der Waals surface area contributed by atoms with Crippen molar-refractivity contribution in [3.8, 4) is 5.75 Å². The molecule has 0 radical (unpaired) electrons. The van der Waals surface area contributed by atoms with E-state index in [-0.39, 0.29) is 11.9 Å². The van der Waals surface area contributed by atoms with E-state index >= 15 is 0 Å². The summed E-state index contributed by atoms with van der Waals surface area (Å²) < 4.78 is 21.0. The van der Waals surface area contributed by atoms with Gasteiger partial charge >= 0.3 is 0 Å². The van der Waals surface area contributed by atoms with E-state index in [4.69, 9.17) is 4.74 Å². The number of piperidine rings is 1. The Hall–Kier alpha value is -3.65. The summed E-state index contributed by atoms with van der Waals surface area (Å²) in [5, 5.41) is 10.2. The molecular weight excluding hydrogens is 407 g/mol. The fourth-order valence-electron chi connectivity index (χ4n) is 3.92. The van der Waals surface area contributed by atoms with Crippen LogP contribution in [-0.4, -0.2) is 34.1 Å². The van der Waals surface area contributed by atoms with Crippen LogP contribution in [0.3, 0.4) is 0 Å². The lowest BCUT2D eigenvalue weighted by Crippen LogP contribution is -2.37. The molecule has 7 nitrogen and oxygen atoms in total. The Kier molecular flexibility index (Phi) is 5.60. The molecule has 8 heteroatoms. The Bertz CT molecular complexity index is 1230. The SMILES string of the molecule is Cc1cc2c(F)c(Nc3ccnc(Nc4cccc(OC5CCCNC5)c4)n3)ccc2[nH]1. The zero-order chi connectivity index (χ0) is 21.9. The minimum Gasteiger partial charge on any atom is -0.489 e. The highest BCUT2D eigenvalue weighted by Gasteiger charge is 2.15. The van der Waals surface area contributed by atoms with Crippen LogP contribution in [0.4, 0.5) is 27.5 Å². The highest BCUT2D eigenvalue weighted by molar-refractivity contribution is 5.85. The molecule has 5 rings (SSSR count). The van der Waals surface area contributed by atoms with Crippen molar-refractivity contribution >= 4 is 34.0 Å². The van der Waals surface area contributed by atoms with Gasteiger partial charge in [0.05, 0.1) is 5.69 Å². The third-order valence-electron chi connectivity index (χ3n) is 5.44. The lowest BCUT2D eigenvalue weighted by Gasteiger charge is -2.24. The van der Waals surface area contributed by atoms with E-state index in [1.54, 1.807) is 24.4 Å². The molecule has 1 saturated heterocycles. The van der Waals surface area contributed by atoms with Crippen molar-refractivity contribution in [2.45, 2.75) is 25.9 Å². The van der Waals surface area contributed by atoms with Gasteiger partial charge in [0, 0.05) is 41.1 Å². The molecule has 0 saturated carbocycles. The number of halogens is 1. The zero-order valence-corrected chi connectivity index (χ0v) is 17.8. The number of rotatable bonds is 6. The van der Waals surface area contributed by atoms with Gasteiger partial charge in [-0.2, -0.15) is 4.98 Å². The maximum atomic E-state index is 14.9. The van der Waals surface area contributed by atoms with Gasteiger partial charge in [0.25, 0.3) is 0 Å². The largest absolute Gasteiger partial charge is 0.489 e. The second-order valence-corrected chi connectivity index (χ2v) is 7.97. The zero-order valence-electron chi connectivity index (χ0n) is 17.8.